The maximum Gasteiger partial charge on any atom is 0.158 e. The van der Waals surface area contributed by atoms with Gasteiger partial charge in [0.25, 0.3) is 0 Å². The number of benzene rings is 1. The molecule has 0 aliphatic heterocycles. The van der Waals surface area contributed by atoms with E-state index >= 15 is 0 Å². The molecule has 2 atom stereocenters. The SMILES string of the molecule is CCCC(C)C(C)(N)Oc1ccccc1. The second-order valence-electron chi connectivity index (χ2n) is 4.29. The third-order valence-electron chi connectivity index (χ3n) is 2.78. The number of ether oxygens (including phenoxy) is 1. The molecule has 0 heterocycles. The lowest BCUT2D eigenvalue weighted by molar-refractivity contribution is 0.0352. The van der Waals surface area contributed by atoms with Crippen LogP contribution in [0.2, 0.25) is 0 Å². The van der Waals surface area contributed by atoms with Crippen LogP contribution < -0.4 is 10.5 Å². The van der Waals surface area contributed by atoms with Crippen LogP contribution in [0.25, 0.3) is 0 Å². The van der Waals surface area contributed by atoms with Crippen molar-refractivity contribution in [3.05, 3.63) is 30.3 Å². The van der Waals surface area contributed by atoms with Crippen molar-refractivity contribution in [2.24, 2.45) is 11.7 Å². The lowest BCUT2D eigenvalue weighted by Crippen LogP contribution is -2.48. The van der Waals surface area contributed by atoms with Crippen molar-refractivity contribution >= 4 is 0 Å². The smallest absolute Gasteiger partial charge is 0.158 e. The highest BCUT2D eigenvalue weighted by atomic mass is 16.5. The van der Waals surface area contributed by atoms with Gasteiger partial charge < -0.3 is 4.74 Å². The summed E-state index contributed by atoms with van der Waals surface area (Å²) in [6.45, 7) is 6.24. The van der Waals surface area contributed by atoms with Crippen molar-refractivity contribution in [2.75, 3.05) is 0 Å². The van der Waals surface area contributed by atoms with Crippen LogP contribution in [0.3, 0.4) is 0 Å². The molecule has 84 valence electrons. The van der Waals surface area contributed by atoms with Crippen LogP contribution in [0.4, 0.5) is 0 Å². The first-order chi connectivity index (χ1) is 7.06. The van der Waals surface area contributed by atoms with Crippen LogP contribution >= 0.6 is 0 Å². The summed E-state index contributed by atoms with van der Waals surface area (Å²) in [6, 6.07) is 9.75. The van der Waals surface area contributed by atoms with E-state index in [1.54, 1.807) is 0 Å². The van der Waals surface area contributed by atoms with E-state index in [0.29, 0.717) is 5.92 Å². The van der Waals surface area contributed by atoms with Crippen LogP contribution in [0, 0.1) is 5.92 Å². The number of para-hydroxylation sites is 1. The van der Waals surface area contributed by atoms with Gasteiger partial charge in [0.2, 0.25) is 0 Å². The summed E-state index contributed by atoms with van der Waals surface area (Å²) < 4.78 is 5.79. The van der Waals surface area contributed by atoms with Gasteiger partial charge in [-0.25, -0.2) is 0 Å². The van der Waals surface area contributed by atoms with Gasteiger partial charge in [-0.2, -0.15) is 0 Å². The van der Waals surface area contributed by atoms with Gasteiger partial charge in [0.15, 0.2) is 5.72 Å². The molecule has 0 fully saturated rings. The Bertz CT molecular complexity index is 282. The fourth-order valence-corrected chi connectivity index (χ4v) is 1.56. The van der Waals surface area contributed by atoms with E-state index in [1.165, 1.54) is 0 Å². The molecule has 0 amide bonds. The Labute approximate surface area is 92.4 Å². The quantitative estimate of drug-likeness (QED) is 0.753. The third-order valence-corrected chi connectivity index (χ3v) is 2.78. The summed E-state index contributed by atoms with van der Waals surface area (Å²) in [4.78, 5) is 0. The molecule has 0 bridgehead atoms. The van der Waals surface area contributed by atoms with Crippen molar-refractivity contribution in [1.29, 1.82) is 0 Å². The molecule has 0 aliphatic carbocycles. The minimum Gasteiger partial charge on any atom is -0.473 e. The van der Waals surface area contributed by atoms with Gasteiger partial charge in [-0.15, -0.1) is 0 Å². The molecule has 0 radical (unpaired) electrons. The molecule has 0 saturated heterocycles. The van der Waals surface area contributed by atoms with Crippen molar-refractivity contribution < 1.29 is 4.74 Å². The van der Waals surface area contributed by atoms with Gasteiger partial charge in [0.1, 0.15) is 5.75 Å². The van der Waals surface area contributed by atoms with E-state index < -0.39 is 5.72 Å². The van der Waals surface area contributed by atoms with Crippen LogP contribution in [0.1, 0.15) is 33.6 Å². The van der Waals surface area contributed by atoms with Gasteiger partial charge in [0, 0.05) is 5.92 Å². The first kappa shape index (κ1) is 12.1. The van der Waals surface area contributed by atoms with Crippen molar-refractivity contribution in [1.82, 2.24) is 0 Å². The highest BCUT2D eigenvalue weighted by Crippen LogP contribution is 2.23. The summed E-state index contributed by atoms with van der Waals surface area (Å²) in [5.41, 5.74) is 5.57. The first-order valence-electron chi connectivity index (χ1n) is 5.59. The van der Waals surface area contributed by atoms with Gasteiger partial charge in [0.05, 0.1) is 0 Å². The Kier molecular flexibility index (Phi) is 4.15. The topological polar surface area (TPSA) is 35.2 Å². The fraction of sp³-hybridized carbons (Fsp3) is 0.538. The third kappa shape index (κ3) is 3.56. The predicted molar refractivity (Wildman–Crippen MR) is 63.7 cm³/mol. The summed E-state index contributed by atoms with van der Waals surface area (Å²) in [6.07, 6.45) is 2.21. The van der Waals surface area contributed by atoms with Gasteiger partial charge >= 0.3 is 0 Å². The van der Waals surface area contributed by atoms with E-state index in [1.807, 2.05) is 37.3 Å². The monoisotopic (exact) mass is 207 g/mol. The van der Waals surface area contributed by atoms with Crippen LogP contribution in [0.15, 0.2) is 30.3 Å². The summed E-state index contributed by atoms with van der Waals surface area (Å²) in [5, 5.41) is 0. The van der Waals surface area contributed by atoms with E-state index in [9.17, 15) is 0 Å². The zero-order chi connectivity index (χ0) is 11.3. The van der Waals surface area contributed by atoms with Gasteiger partial charge in [-0.05, 0) is 25.5 Å². The normalized spacial score (nSPS) is 16.8. The second-order valence-corrected chi connectivity index (χ2v) is 4.29. The molecule has 1 aromatic carbocycles. The van der Waals surface area contributed by atoms with E-state index in [0.717, 1.165) is 18.6 Å². The number of hydrogen-bond donors (Lipinski definition) is 1. The Morgan fingerprint density at radius 1 is 1.33 bits per heavy atom. The minimum atomic E-state index is -0.586. The number of hydrogen-bond acceptors (Lipinski definition) is 2. The summed E-state index contributed by atoms with van der Waals surface area (Å²) in [7, 11) is 0. The standard InChI is InChI=1S/C13H21NO/c1-4-8-11(2)13(3,14)15-12-9-6-5-7-10-12/h5-7,9-11H,4,8,14H2,1-3H3. The average molecular weight is 207 g/mol. The van der Waals surface area contributed by atoms with E-state index in [-0.39, 0.29) is 0 Å². The van der Waals surface area contributed by atoms with Gasteiger partial charge in [-0.1, -0.05) is 38.5 Å². The highest BCUT2D eigenvalue weighted by Gasteiger charge is 2.27. The molecule has 2 N–H and O–H groups in total. The Morgan fingerprint density at radius 3 is 2.47 bits per heavy atom. The van der Waals surface area contributed by atoms with Crippen LogP contribution in [-0.2, 0) is 0 Å². The van der Waals surface area contributed by atoms with E-state index in [2.05, 4.69) is 13.8 Å². The molecular formula is C13H21NO. The summed E-state index contributed by atoms with van der Waals surface area (Å²) >= 11 is 0. The Morgan fingerprint density at radius 2 is 1.93 bits per heavy atom. The Hall–Kier alpha value is -1.02. The second kappa shape index (κ2) is 5.17. The zero-order valence-corrected chi connectivity index (χ0v) is 9.86. The molecular weight excluding hydrogens is 186 g/mol. The van der Waals surface area contributed by atoms with Crippen molar-refractivity contribution in [3.8, 4) is 5.75 Å². The molecule has 0 aromatic heterocycles. The minimum absolute atomic E-state index is 0.350. The lowest BCUT2D eigenvalue weighted by atomic mass is 9.95. The Balaban J connectivity index is 2.63. The van der Waals surface area contributed by atoms with Crippen LogP contribution in [0.5, 0.6) is 5.75 Å². The van der Waals surface area contributed by atoms with Crippen molar-refractivity contribution in [2.45, 2.75) is 39.3 Å². The molecule has 2 heteroatoms. The molecule has 2 nitrogen and oxygen atoms in total. The lowest BCUT2D eigenvalue weighted by Gasteiger charge is -2.32. The maximum absolute atomic E-state index is 6.16. The zero-order valence-electron chi connectivity index (χ0n) is 9.86. The number of nitrogens with two attached hydrogens (primary N) is 1. The number of rotatable bonds is 5. The first-order valence-corrected chi connectivity index (χ1v) is 5.59. The molecule has 15 heavy (non-hydrogen) atoms. The molecule has 0 spiro atoms. The van der Waals surface area contributed by atoms with Crippen molar-refractivity contribution in [3.63, 3.8) is 0 Å². The summed E-state index contributed by atoms with van der Waals surface area (Å²) in [5.74, 6) is 1.19. The molecule has 1 rings (SSSR count). The molecule has 1 aromatic rings. The maximum atomic E-state index is 6.16. The molecule has 0 saturated carbocycles. The molecule has 0 aliphatic rings. The van der Waals surface area contributed by atoms with Crippen LogP contribution in [-0.4, -0.2) is 5.72 Å². The molecule has 2 unspecified atom stereocenters. The highest BCUT2D eigenvalue weighted by molar-refractivity contribution is 5.21. The largest absolute Gasteiger partial charge is 0.473 e. The average Bonchev–Trinajstić information content (AvgIpc) is 2.19. The van der Waals surface area contributed by atoms with Gasteiger partial charge in [-0.3, -0.25) is 5.73 Å². The predicted octanol–water partition coefficient (Wildman–Crippen LogP) is 3.18. The fourth-order valence-electron chi connectivity index (χ4n) is 1.56. The van der Waals surface area contributed by atoms with E-state index in [4.69, 9.17) is 10.5 Å².